The summed E-state index contributed by atoms with van der Waals surface area (Å²) in [6.45, 7) is 9.04. The molecule has 0 N–H and O–H groups in total. The first-order valence-electron chi connectivity index (χ1n) is 9.17. The molecule has 3 rings (SSSR count). The smallest absolute Gasteiger partial charge is 0.111 e. The van der Waals surface area contributed by atoms with E-state index in [0.717, 1.165) is 19.0 Å². The average molecular weight is 323 g/mol. The van der Waals surface area contributed by atoms with Gasteiger partial charge in [-0.05, 0) is 37.4 Å². The van der Waals surface area contributed by atoms with Crippen molar-refractivity contribution < 1.29 is 0 Å². The first-order valence-corrected chi connectivity index (χ1v) is 9.17. The summed E-state index contributed by atoms with van der Waals surface area (Å²) in [6.07, 6.45) is 11.2. The number of imidazole rings is 1. The highest BCUT2D eigenvalue weighted by Crippen LogP contribution is 2.21. The maximum absolute atomic E-state index is 4.51. The van der Waals surface area contributed by atoms with E-state index in [1.54, 1.807) is 0 Å². The van der Waals surface area contributed by atoms with Gasteiger partial charge in [0.25, 0.3) is 0 Å². The lowest BCUT2D eigenvalue weighted by atomic mass is 9.96. The Labute approximate surface area is 146 Å². The van der Waals surface area contributed by atoms with Gasteiger partial charge in [-0.25, -0.2) is 4.98 Å². The van der Waals surface area contributed by atoms with Gasteiger partial charge in [0, 0.05) is 31.4 Å². The van der Waals surface area contributed by atoms with Crippen LogP contribution in [0.15, 0.2) is 48.8 Å². The zero-order valence-corrected chi connectivity index (χ0v) is 14.9. The Balaban J connectivity index is 1.44. The fourth-order valence-electron chi connectivity index (χ4n) is 3.51. The summed E-state index contributed by atoms with van der Waals surface area (Å²) >= 11 is 0. The second kappa shape index (κ2) is 8.29. The van der Waals surface area contributed by atoms with Crippen molar-refractivity contribution in [2.24, 2.45) is 5.92 Å². The lowest BCUT2D eigenvalue weighted by molar-refractivity contribution is 0.187. The van der Waals surface area contributed by atoms with Crippen molar-refractivity contribution in [1.82, 2.24) is 14.5 Å². The van der Waals surface area contributed by atoms with Crippen molar-refractivity contribution in [3.63, 3.8) is 0 Å². The molecule has 0 amide bonds. The summed E-state index contributed by atoms with van der Waals surface area (Å²) in [4.78, 5) is 7.07. The molecule has 0 spiro atoms. The summed E-state index contributed by atoms with van der Waals surface area (Å²) < 4.78 is 2.36. The molecular formula is C21H29N3. The molecule has 1 aromatic carbocycles. The fourth-order valence-corrected chi connectivity index (χ4v) is 3.51. The number of likely N-dealkylation sites (tertiary alicyclic amines) is 1. The fraction of sp³-hybridized carbons (Fsp3) is 0.476. The Morgan fingerprint density at radius 2 is 1.92 bits per heavy atom. The second-order valence-corrected chi connectivity index (χ2v) is 7.15. The Hall–Kier alpha value is -1.87. The highest BCUT2D eigenvalue weighted by atomic mass is 15.1. The summed E-state index contributed by atoms with van der Waals surface area (Å²) in [5.41, 5.74) is 1.29. The molecule has 2 aromatic rings. The predicted molar refractivity (Wildman–Crippen MR) is 101 cm³/mol. The van der Waals surface area contributed by atoms with Gasteiger partial charge in [0.1, 0.15) is 5.82 Å². The molecule has 0 saturated carbocycles. The normalized spacial score (nSPS) is 17.1. The second-order valence-electron chi connectivity index (χ2n) is 7.15. The number of hydrogen-bond donors (Lipinski definition) is 0. The van der Waals surface area contributed by atoms with E-state index in [4.69, 9.17) is 0 Å². The van der Waals surface area contributed by atoms with Crippen LogP contribution in [0.5, 0.6) is 0 Å². The maximum Gasteiger partial charge on any atom is 0.111 e. The topological polar surface area (TPSA) is 21.1 Å². The Morgan fingerprint density at radius 1 is 1.17 bits per heavy atom. The Morgan fingerprint density at radius 3 is 2.62 bits per heavy atom. The molecule has 1 fully saturated rings. The van der Waals surface area contributed by atoms with Crippen LogP contribution in [0.4, 0.5) is 0 Å². The minimum Gasteiger partial charge on any atom is -0.334 e. The summed E-state index contributed by atoms with van der Waals surface area (Å²) in [5, 5.41) is 0. The molecule has 0 radical (unpaired) electrons. The first-order chi connectivity index (χ1) is 11.7. The van der Waals surface area contributed by atoms with Crippen molar-refractivity contribution in [2.45, 2.75) is 39.2 Å². The molecule has 0 bridgehead atoms. The molecule has 2 heterocycles. The average Bonchev–Trinajstić information content (AvgIpc) is 3.06. The van der Waals surface area contributed by atoms with Crippen molar-refractivity contribution in [3.8, 4) is 0 Å². The van der Waals surface area contributed by atoms with Gasteiger partial charge in [-0.15, -0.1) is 0 Å². The number of aromatic nitrogens is 2. The third-order valence-corrected chi connectivity index (χ3v) is 4.90. The van der Waals surface area contributed by atoms with Gasteiger partial charge in [-0.3, -0.25) is 4.90 Å². The van der Waals surface area contributed by atoms with Crippen LogP contribution in [0.2, 0.25) is 0 Å². The van der Waals surface area contributed by atoms with Gasteiger partial charge >= 0.3 is 0 Å². The number of rotatable bonds is 6. The minimum atomic E-state index is 0.503. The molecular weight excluding hydrogens is 294 g/mol. The van der Waals surface area contributed by atoms with Crippen LogP contribution in [-0.2, 0) is 6.54 Å². The highest BCUT2D eigenvalue weighted by molar-refractivity contribution is 5.48. The highest BCUT2D eigenvalue weighted by Gasteiger charge is 2.20. The van der Waals surface area contributed by atoms with Gasteiger partial charge in [0.05, 0.1) is 0 Å². The van der Waals surface area contributed by atoms with E-state index < -0.39 is 0 Å². The van der Waals surface area contributed by atoms with Crippen molar-refractivity contribution in [3.05, 3.63) is 60.2 Å². The number of hydrogen-bond acceptors (Lipinski definition) is 2. The Bertz CT molecular complexity index is 634. The molecule has 3 nitrogen and oxygen atoms in total. The van der Waals surface area contributed by atoms with E-state index >= 15 is 0 Å². The monoisotopic (exact) mass is 323 g/mol. The molecule has 1 aliphatic heterocycles. The van der Waals surface area contributed by atoms with E-state index in [0.29, 0.717) is 5.92 Å². The number of nitrogens with zero attached hydrogens (tertiary/aromatic N) is 3. The largest absolute Gasteiger partial charge is 0.334 e. The molecule has 24 heavy (non-hydrogen) atoms. The standard InChI is InChI=1S/C21H29N3/c1-18(2)21-22-12-16-24(21)17-20-10-14-23(15-11-20)13-6-9-19-7-4-3-5-8-19/h3-9,12,16,18,20H,10-11,13-15,17H2,1-2H3/b9-6+. The van der Waals surface area contributed by atoms with Gasteiger partial charge in [-0.1, -0.05) is 56.3 Å². The molecule has 1 aliphatic rings. The van der Waals surface area contributed by atoms with Crippen LogP contribution in [-0.4, -0.2) is 34.1 Å². The third-order valence-electron chi connectivity index (χ3n) is 4.90. The zero-order valence-electron chi connectivity index (χ0n) is 14.9. The quantitative estimate of drug-likeness (QED) is 0.784. The van der Waals surface area contributed by atoms with Crippen molar-refractivity contribution in [1.29, 1.82) is 0 Å². The van der Waals surface area contributed by atoms with Crippen molar-refractivity contribution >= 4 is 6.08 Å². The number of benzene rings is 1. The van der Waals surface area contributed by atoms with E-state index in [9.17, 15) is 0 Å². The molecule has 0 unspecified atom stereocenters. The molecule has 1 aromatic heterocycles. The SMILES string of the molecule is CC(C)c1nccn1CC1CCN(C/C=C/c2ccccc2)CC1. The predicted octanol–water partition coefficient (Wildman–Crippen LogP) is 4.43. The lowest BCUT2D eigenvalue weighted by Gasteiger charge is -2.31. The summed E-state index contributed by atoms with van der Waals surface area (Å²) in [7, 11) is 0. The van der Waals surface area contributed by atoms with E-state index in [1.165, 1.54) is 37.3 Å². The summed E-state index contributed by atoms with van der Waals surface area (Å²) in [6, 6.07) is 10.5. The molecule has 0 atom stereocenters. The lowest BCUT2D eigenvalue weighted by Crippen LogP contribution is -2.35. The van der Waals surface area contributed by atoms with Crippen LogP contribution in [0, 0.1) is 5.92 Å². The van der Waals surface area contributed by atoms with Crippen LogP contribution >= 0.6 is 0 Å². The van der Waals surface area contributed by atoms with E-state index in [1.807, 2.05) is 6.20 Å². The van der Waals surface area contributed by atoms with Crippen LogP contribution in [0.1, 0.15) is 44.0 Å². The van der Waals surface area contributed by atoms with Gasteiger partial charge in [0.15, 0.2) is 0 Å². The zero-order chi connectivity index (χ0) is 16.8. The first kappa shape index (κ1) is 17.0. The minimum absolute atomic E-state index is 0.503. The van der Waals surface area contributed by atoms with E-state index in [2.05, 4.69) is 77.0 Å². The Kier molecular flexibility index (Phi) is 5.86. The van der Waals surface area contributed by atoms with Crippen LogP contribution in [0.25, 0.3) is 6.08 Å². The molecule has 1 saturated heterocycles. The van der Waals surface area contributed by atoms with Crippen LogP contribution < -0.4 is 0 Å². The summed E-state index contributed by atoms with van der Waals surface area (Å²) in [5.74, 6) is 2.51. The third kappa shape index (κ3) is 4.57. The molecule has 3 heteroatoms. The molecule has 0 aliphatic carbocycles. The number of piperidine rings is 1. The van der Waals surface area contributed by atoms with E-state index in [-0.39, 0.29) is 0 Å². The van der Waals surface area contributed by atoms with Crippen molar-refractivity contribution in [2.75, 3.05) is 19.6 Å². The maximum atomic E-state index is 4.51. The van der Waals surface area contributed by atoms with Gasteiger partial charge in [0.2, 0.25) is 0 Å². The van der Waals surface area contributed by atoms with Gasteiger partial charge in [-0.2, -0.15) is 0 Å². The van der Waals surface area contributed by atoms with Gasteiger partial charge < -0.3 is 4.57 Å². The molecule has 128 valence electrons. The van der Waals surface area contributed by atoms with Crippen LogP contribution in [0.3, 0.4) is 0 Å².